The molecule has 1 aromatic heterocycles. The van der Waals surface area contributed by atoms with Crippen LogP contribution in [0.15, 0.2) is 0 Å². The lowest BCUT2D eigenvalue weighted by molar-refractivity contribution is -0.108. The molecule has 0 aliphatic rings. The van der Waals surface area contributed by atoms with Gasteiger partial charge in [-0.3, -0.25) is 9.69 Å². The fourth-order valence-corrected chi connectivity index (χ4v) is 1.85. The van der Waals surface area contributed by atoms with Gasteiger partial charge in [0.1, 0.15) is 11.7 Å². The second-order valence-electron chi connectivity index (χ2n) is 2.38. The van der Waals surface area contributed by atoms with Crippen LogP contribution < -0.4 is 4.90 Å². The maximum Gasteiger partial charge on any atom is 0.216 e. The highest BCUT2D eigenvalue weighted by Crippen LogP contribution is 2.32. The van der Waals surface area contributed by atoms with E-state index in [-0.39, 0.29) is 6.73 Å². The van der Waals surface area contributed by atoms with Gasteiger partial charge in [-0.2, -0.15) is 4.37 Å². The summed E-state index contributed by atoms with van der Waals surface area (Å²) in [5.41, 5.74) is 0.726. The highest BCUT2D eigenvalue weighted by atomic mass is 35.5. The van der Waals surface area contributed by atoms with Crippen LogP contribution in [0.5, 0.6) is 0 Å². The van der Waals surface area contributed by atoms with E-state index < -0.39 is 0 Å². The quantitative estimate of drug-likeness (QED) is 0.573. The van der Waals surface area contributed by atoms with Crippen LogP contribution in [0.2, 0.25) is 5.02 Å². The molecule has 0 N–H and O–H groups in total. The van der Waals surface area contributed by atoms with E-state index in [0.29, 0.717) is 16.4 Å². The molecule has 0 aliphatic heterocycles. The molecule has 13 heavy (non-hydrogen) atoms. The summed E-state index contributed by atoms with van der Waals surface area (Å²) in [4.78, 5) is 12.0. The molecule has 0 aromatic carbocycles. The summed E-state index contributed by atoms with van der Waals surface area (Å²) in [6.45, 7) is 1.98. The molecule has 0 spiro atoms. The Labute approximate surface area is 85.2 Å². The lowest BCUT2D eigenvalue weighted by Gasteiger charge is -2.13. The van der Waals surface area contributed by atoms with E-state index in [9.17, 15) is 4.79 Å². The van der Waals surface area contributed by atoms with Crippen LogP contribution in [0.3, 0.4) is 0 Å². The predicted molar refractivity (Wildman–Crippen MR) is 52.3 cm³/mol. The van der Waals surface area contributed by atoms with Crippen LogP contribution in [0.25, 0.3) is 0 Å². The van der Waals surface area contributed by atoms with Crippen LogP contribution >= 0.6 is 23.1 Å². The molecule has 1 rings (SSSR count). The number of aryl methyl sites for hydroxylation is 1. The molecule has 0 unspecified atom stereocenters. The van der Waals surface area contributed by atoms with Crippen molar-refractivity contribution in [2.45, 2.75) is 6.92 Å². The second kappa shape index (κ2) is 4.55. The Balaban J connectivity index is 2.90. The molecule has 0 radical (unpaired) electrons. The molecule has 72 valence electrons. The van der Waals surface area contributed by atoms with Crippen molar-refractivity contribution in [1.29, 1.82) is 0 Å². The Morgan fingerprint density at radius 2 is 2.46 bits per heavy atom. The third kappa shape index (κ3) is 2.18. The number of aromatic nitrogens is 1. The topological polar surface area (TPSA) is 42.4 Å². The van der Waals surface area contributed by atoms with Gasteiger partial charge >= 0.3 is 0 Å². The van der Waals surface area contributed by atoms with Gasteiger partial charge in [0.05, 0.1) is 10.7 Å². The van der Waals surface area contributed by atoms with E-state index in [4.69, 9.17) is 16.3 Å². The van der Waals surface area contributed by atoms with E-state index >= 15 is 0 Å². The predicted octanol–water partition coefficient (Wildman–Crippen LogP) is 1.67. The number of ether oxygens (including phenoxy) is 1. The van der Waals surface area contributed by atoms with E-state index in [1.54, 1.807) is 6.92 Å². The molecule has 1 heterocycles. The number of rotatable bonds is 4. The van der Waals surface area contributed by atoms with Gasteiger partial charge in [-0.05, 0) is 18.5 Å². The minimum atomic E-state index is 0.185. The maximum atomic E-state index is 10.6. The summed E-state index contributed by atoms with van der Waals surface area (Å²) in [5, 5.41) is 1.13. The summed E-state index contributed by atoms with van der Waals surface area (Å²) in [7, 11) is 1.51. The van der Waals surface area contributed by atoms with Crippen molar-refractivity contribution in [2.75, 3.05) is 18.7 Å². The highest BCUT2D eigenvalue weighted by molar-refractivity contribution is 7.11. The van der Waals surface area contributed by atoms with Gasteiger partial charge in [0.25, 0.3) is 0 Å². The summed E-state index contributed by atoms with van der Waals surface area (Å²) in [5.74, 6) is 0. The Morgan fingerprint density at radius 3 is 2.85 bits per heavy atom. The molecule has 6 heteroatoms. The molecule has 0 saturated heterocycles. The summed E-state index contributed by atoms with van der Waals surface area (Å²) < 4.78 is 8.85. The molecule has 0 bridgehead atoms. The molecule has 1 amide bonds. The maximum absolute atomic E-state index is 10.6. The van der Waals surface area contributed by atoms with E-state index in [2.05, 4.69) is 4.37 Å². The number of halogens is 1. The first kappa shape index (κ1) is 10.4. The molecule has 0 saturated carbocycles. The van der Waals surface area contributed by atoms with Crippen molar-refractivity contribution in [3.05, 3.63) is 10.7 Å². The van der Waals surface area contributed by atoms with Crippen LogP contribution in [0, 0.1) is 6.92 Å². The standard InChI is InChI=1S/C7H9ClN2O2S/c1-5-6(8)7(13-9-5)10(3-11)4-12-2/h3H,4H2,1-2H3. The molecular formula is C7H9ClN2O2S. The van der Waals surface area contributed by atoms with Crippen LogP contribution in [0.1, 0.15) is 5.69 Å². The van der Waals surface area contributed by atoms with Crippen LogP contribution in [-0.4, -0.2) is 24.6 Å². The van der Waals surface area contributed by atoms with Gasteiger partial charge < -0.3 is 4.74 Å². The first-order valence-corrected chi connectivity index (χ1v) is 4.68. The average Bonchev–Trinajstić information content (AvgIpc) is 2.45. The summed E-state index contributed by atoms with van der Waals surface area (Å²) in [6, 6.07) is 0. The normalized spacial score (nSPS) is 10.1. The largest absolute Gasteiger partial charge is 0.364 e. The number of carbonyl (C=O) groups is 1. The Morgan fingerprint density at radius 1 is 1.77 bits per heavy atom. The molecule has 1 aromatic rings. The fraction of sp³-hybridized carbons (Fsp3) is 0.429. The third-order valence-electron chi connectivity index (χ3n) is 1.43. The minimum absolute atomic E-state index is 0.185. The lowest BCUT2D eigenvalue weighted by atomic mass is 10.4. The fourth-order valence-electron chi connectivity index (χ4n) is 0.801. The Hall–Kier alpha value is -0.650. The first-order chi connectivity index (χ1) is 6.20. The van der Waals surface area contributed by atoms with Gasteiger partial charge in [-0.15, -0.1) is 0 Å². The molecular weight excluding hydrogens is 212 g/mol. The van der Waals surface area contributed by atoms with Crippen molar-refractivity contribution >= 4 is 34.5 Å². The van der Waals surface area contributed by atoms with Gasteiger partial charge in [0, 0.05) is 7.11 Å². The first-order valence-electron chi connectivity index (χ1n) is 3.53. The molecule has 0 atom stereocenters. The van der Waals surface area contributed by atoms with Crippen molar-refractivity contribution in [1.82, 2.24) is 4.37 Å². The number of carbonyl (C=O) groups excluding carboxylic acids is 1. The van der Waals surface area contributed by atoms with Crippen molar-refractivity contribution in [3.8, 4) is 0 Å². The molecule has 0 aliphatic carbocycles. The second-order valence-corrected chi connectivity index (χ2v) is 3.51. The third-order valence-corrected chi connectivity index (χ3v) is 2.97. The van der Waals surface area contributed by atoms with E-state index in [1.165, 1.54) is 23.5 Å². The number of methoxy groups -OCH3 is 1. The highest BCUT2D eigenvalue weighted by Gasteiger charge is 2.14. The van der Waals surface area contributed by atoms with E-state index in [0.717, 1.165) is 5.69 Å². The zero-order chi connectivity index (χ0) is 9.84. The number of anilines is 1. The number of hydrogen-bond donors (Lipinski definition) is 0. The molecule has 4 nitrogen and oxygen atoms in total. The number of hydrogen-bond acceptors (Lipinski definition) is 4. The van der Waals surface area contributed by atoms with Gasteiger partial charge in [-0.1, -0.05) is 11.6 Å². The monoisotopic (exact) mass is 220 g/mol. The zero-order valence-corrected chi connectivity index (χ0v) is 8.85. The minimum Gasteiger partial charge on any atom is -0.364 e. The smallest absolute Gasteiger partial charge is 0.216 e. The lowest BCUT2D eigenvalue weighted by Crippen LogP contribution is -2.22. The Bertz CT molecular complexity index is 303. The van der Waals surface area contributed by atoms with E-state index in [1.807, 2.05) is 0 Å². The number of nitrogens with zero attached hydrogens (tertiary/aromatic N) is 2. The van der Waals surface area contributed by atoms with Gasteiger partial charge in [-0.25, -0.2) is 0 Å². The SMILES string of the molecule is COCN(C=O)c1snc(C)c1Cl. The van der Waals surface area contributed by atoms with Crippen LogP contribution in [-0.2, 0) is 9.53 Å². The van der Waals surface area contributed by atoms with Gasteiger partial charge in [0.15, 0.2) is 0 Å². The molecule has 0 fully saturated rings. The van der Waals surface area contributed by atoms with Crippen LogP contribution in [0.4, 0.5) is 5.00 Å². The van der Waals surface area contributed by atoms with Crippen molar-refractivity contribution in [3.63, 3.8) is 0 Å². The van der Waals surface area contributed by atoms with Crippen molar-refractivity contribution < 1.29 is 9.53 Å². The average molecular weight is 221 g/mol. The summed E-state index contributed by atoms with van der Waals surface area (Å²) >= 11 is 7.09. The Kier molecular flexibility index (Phi) is 3.65. The van der Waals surface area contributed by atoms with Crippen molar-refractivity contribution in [2.24, 2.45) is 0 Å². The summed E-state index contributed by atoms with van der Waals surface area (Å²) in [6.07, 6.45) is 0.669. The zero-order valence-electron chi connectivity index (χ0n) is 7.28. The van der Waals surface area contributed by atoms with Gasteiger partial charge in [0.2, 0.25) is 6.41 Å². The number of amides is 1.